The number of benzene rings is 2. The van der Waals surface area contributed by atoms with Crippen molar-refractivity contribution < 1.29 is 33.7 Å². The molecule has 0 bridgehead atoms. The number of carbonyl (C=O) groups is 2. The summed E-state index contributed by atoms with van der Waals surface area (Å²) in [7, 11) is 0. The van der Waals surface area contributed by atoms with Crippen molar-refractivity contribution in [3.63, 3.8) is 0 Å². The van der Waals surface area contributed by atoms with Crippen molar-refractivity contribution in [2.75, 3.05) is 6.61 Å². The van der Waals surface area contributed by atoms with Crippen molar-refractivity contribution in [1.29, 1.82) is 0 Å². The van der Waals surface area contributed by atoms with E-state index in [1.165, 1.54) is 12.2 Å². The Morgan fingerprint density at radius 1 is 1.13 bits per heavy atom. The number of Topliss-reactive ketones (excluding diaryl/α,β-unsaturated/α-hetero) is 1. The van der Waals surface area contributed by atoms with E-state index in [0.29, 0.717) is 24.8 Å². The number of alkyl halides is 1. The van der Waals surface area contributed by atoms with Crippen molar-refractivity contribution in [2.24, 2.45) is 22.7 Å². The van der Waals surface area contributed by atoms with Gasteiger partial charge in [-0.2, -0.15) is 0 Å². The summed E-state index contributed by atoms with van der Waals surface area (Å²) in [6.45, 7) is 4.87. The van der Waals surface area contributed by atoms with Gasteiger partial charge in [-0.15, -0.1) is 0 Å². The summed E-state index contributed by atoms with van der Waals surface area (Å²) in [6, 6.07) is 13.6. The van der Waals surface area contributed by atoms with Crippen LogP contribution in [0, 0.1) is 29.6 Å². The average Bonchev–Trinajstić information content (AvgIpc) is 3.49. The third kappa shape index (κ3) is 4.43. The highest BCUT2D eigenvalue weighted by Gasteiger charge is 2.79. The Morgan fingerprint density at radius 2 is 1.84 bits per heavy atom. The molecule has 4 aliphatic carbocycles. The zero-order chi connectivity index (χ0) is 31.2. The van der Waals surface area contributed by atoms with Crippen LogP contribution in [-0.2, 0) is 19.1 Å². The van der Waals surface area contributed by atoms with Crippen molar-refractivity contribution in [3.8, 4) is 0 Å². The van der Waals surface area contributed by atoms with Crippen LogP contribution in [0.3, 0.4) is 0 Å². The summed E-state index contributed by atoms with van der Waals surface area (Å²) >= 11 is 7.78. The van der Waals surface area contributed by atoms with Crippen molar-refractivity contribution in [1.82, 2.24) is 0 Å². The number of halogens is 2. The van der Waals surface area contributed by atoms with Gasteiger partial charge in [0.2, 0.25) is 0 Å². The Labute approximate surface area is 273 Å². The van der Waals surface area contributed by atoms with Gasteiger partial charge in [0.25, 0.3) is 0 Å². The van der Waals surface area contributed by atoms with Gasteiger partial charge < -0.3 is 19.7 Å². The molecule has 9 heteroatoms. The van der Waals surface area contributed by atoms with E-state index < -0.39 is 58.9 Å². The highest BCUT2D eigenvalue weighted by molar-refractivity contribution is 7.99. The molecule has 1 saturated heterocycles. The van der Waals surface area contributed by atoms with Gasteiger partial charge in [0.05, 0.1) is 12.2 Å². The summed E-state index contributed by atoms with van der Waals surface area (Å²) in [4.78, 5) is 27.9. The van der Waals surface area contributed by atoms with E-state index in [-0.39, 0.29) is 25.5 Å². The van der Waals surface area contributed by atoms with Crippen LogP contribution in [0.4, 0.5) is 4.39 Å². The molecular weight excluding hydrogens is 615 g/mol. The molecule has 6 nitrogen and oxygen atoms in total. The number of rotatable bonds is 5. The van der Waals surface area contributed by atoms with E-state index >= 15 is 4.39 Å². The molecule has 0 radical (unpaired) electrons. The minimum atomic E-state index is -2.03. The second-order valence-electron chi connectivity index (χ2n) is 13.5. The third-order valence-electron chi connectivity index (χ3n) is 11.5. The Balaban J connectivity index is 0.00000357. The Morgan fingerprint density at radius 3 is 2.53 bits per heavy atom. The highest BCUT2D eigenvalue weighted by atomic mass is 35.5. The fraction of sp³-hybridized carbons (Fsp3) is 0.500. The fourth-order valence-electron chi connectivity index (χ4n) is 9.23. The zero-order valence-corrected chi connectivity index (χ0v) is 26.5. The SMILES string of the molecule is C.Cc1cc(Sc2ccc([C@@H]3O[C@@H]4C[C@H]5[C@@H]6CCC7=CC(=O)C=C[C@]7(C)[C@@]6(F)[C@@H](O)C[C@]5(C)[C@]4(C(=O)CO)O3)cc2)ccc1Cl. The van der Waals surface area contributed by atoms with Crippen LogP contribution in [0.5, 0.6) is 0 Å². The Hall–Kier alpha value is -2.33. The molecule has 5 aliphatic rings. The van der Waals surface area contributed by atoms with E-state index in [0.717, 1.165) is 25.9 Å². The molecule has 0 spiro atoms. The first kappa shape index (κ1) is 32.6. The number of hydrogen-bond acceptors (Lipinski definition) is 7. The van der Waals surface area contributed by atoms with Gasteiger partial charge in [0.15, 0.2) is 29.1 Å². The lowest BCUT2D eigenvalue weighted by molar-refractivity contribution is -0.231. The number of carbonyl (C=O) groups excluding carboxylic acids is 2. The summed E-state index contributed by atoms with van der Waals surface area (Å²) in [5.74, 6) is -1.62. The molecule has 2 aromatic carbocycles. The van der Waals surface area contributed by atoms with Crippen LogP contribution in [0.25, 0.3) is 0 Å². The summed E-state index contributed by atoms with van der Waals surface area (Å²) in [5.41, 5.74) is -3.26. The molecule has 7 rings (SSSR count). The van der Waals surface area contributed by atoms with Gasteiger partial charge >= 0.3 is 0 Å². The predicted octanol–water partition coefficient (Wildman–Crippen LogP) is 7.13. The molecule has 0 amide bonds. The minimum Gasteiger partial charge on any atom is -0.390 e. The first-order chi connectivity index (χ1) is 20.9. The molecule has 1 heterocycles. The molecule has 9 atom stereocenters. The maximum absolute atomic E-state index is 17.5. The lowest BCUT2D eigenvalue weighted by Gasteiger charge is -2.62. The Bertz CT molecular complexity index is 1610. The topological polar surface area (TPSA) is 93.1 Å². The monoisotopic (exact) mass is 654 g/mol. The number of aliphatic hydroxyl groups is 2. The van der Waals surface area contributed by atoms with Crippen molar-refractivity contribution in [3.05, 3.63) is 82.4 Å². The molecule has 0 aromatic heterocycles. The summed E-state index contributed by atoms with van der Waals surface area (Å²) in [6.07, 6.45) is 2.82. The summed E-state index contributed by atoms with van der Waals surface area (Å²) in [5, 5.41) is 22.6. The van der Waals surface area contributed by atoms with Crippen LogP contribution in [0.1, 0.15) is 64.4 Å². The number of fused-ring (bicyclic) bond motifs is 7. The number of aliphatic hydroxyl groups excluding tert-OH is 2. The van der Waals surface area contributed by atoms with Crippen LogP contribution >= 0.6 is 23.4 Å². The minimum absolute atomic E-state index is 0. The van der Waals surface area contributed by atoms with E-state index in [9.17, 15) is 19.8 Å². The number of hydrogen-bond donors (Lipinski definition) is 2. The van der Waals surface area contributed by atoms with Gasteiger partial charge in [-0.25, -0.2) is 4.39 Å². The largest absolute Gasteiger partial charge is 0.390 e. The van der Waals surface area contributed by atoms with Gasteiger partial charge in [-0.3, -0.25) is 9.59 Å². The van der Waals surface area contributed by atoms with Crippen molar-refractivity contribution in [2.45, 2.75) is 93.4 Å². The highest BCUT2D eigenvalue weighted by Crippen LogP contribution is 2.72. The maximum atomic E-state index is 17.5. The van der Waals surface area contributed by atoms with Gasteiger partial charge in [-0.1, -0.05) is 61.5 Å². The number of ketones is 2. The lowest BCUT2D eigenvalue weighted by atomic mass is 9.44. The normalized spacial score (nSPS) is 39.7. The molecule has 4 fully saturated rings. The average molecular weight is 655 g/mol. The van der Waals surface area contributed by atoms with Crippen LogP contribution in [0.2, 0.25) is 5.02 Å². The van der Waals surface area contributed by atoms with E-state index in [1.54, 1.807) is 24.8 Å². The molecular formula is C36H40ClFO6S. The standard InChI is InChI=1S/C35H36ClFO6S.CH4/c1-19-14-24(9-11-27(19)36)44-23-7-4-20(5-8-23)31-42-30-16-26-25-10-6-21-15-22(39)12-13-32(21,2)34(25,37)28(40)17-33(26,3)35(30,43-31)29(41)18-38;/h4-5,7-9,11-15,25-26,28,30-31,38,40H,6,10,16-18H2,1-3H3;1H4/t25-,26-,28-,30+,31+,32-,33-,34-,35+;/m0./s1. The van der Waals surface area contributed by atoms with Crippen molar-refractivity contribution >= 4 is 34.9 Å². The molecule has 3 saturated carbocycles. The fourth-order valence-corrected chi connectivity index (χ4v) is 10.3. The quantitative estimate of drug-likeness (QED) is 0.354. The van der Waals surface area contributed by atoms with E-state index in [4.69, 9.17) is 21.1 Å². The smallest absolute Gasteiger partial charge is 0.193 e. The maximum Gasteiger partial charge on any atom is 0.193 e. The second kappa shape index (κ2) is 11.1. The van der Waals surface area contributed by atoms with Crippen LogP contribution in [-0.4, -0.2) is 51.9 Å². The third-order valence-corrected chi connectivity index (χ3v) is 12.9. The van der Waals surface area contributed by atoms with E-state index in [2.05, 4.69) is 0 Å². The number of ether oxygens (including phenoxy) is 2. The van der Waals surface area contributed by atoms with Gasteiger partial charge in [0.1, 0.15) is 6.61 Å². The molecule has 240 valence electrons. The van der Waals surface area contributed by atoms with Gasteiger partial charge in [-0.05, 0) is 93.5 Å². The second-order valence-corrected chi connectivity index (χ2v) is 15.0. The lowest BCUT2D eigenvalue weighted by Crippen LogP contribution is -2.69. The molecule has 2 aromatic rings. The predicted molar refractivity (Wildman–Crippen MR) is 171 cm³/mol. The zero-order valence-electron chi connectivity index (χ0n) is 24.9. The molecule has 2 N–H and O–H groups in total. The summed E-state index contributed by atoms with van der Waals surface area (Å²) < 4.78 is 30.7. The first-order valence-corrected chi connectivity index (χ1v) is 16.4. The van der Waals surface area contributed by atoms with Gasteiger partial charge in [0, 0.05) is 37.1 Å². The van der Waals surface area contributed by atoms with Crippen LogP contribution < -0.4 is 0 Å². The number of allylic oxidation sites excluding steroid dienone is 4. The van der Waals surface area contributed by atoms with Crippen LogP contribution in [0.15, 0.2) is 76.1 Å². The van der Waals surface area contributed by atoms with E-state index in [1.807, 2.05) is 56.3 Å². The molecule has 1 aliphatic heterocycles. The Kier molecular flexibility index (Phi) is 8.07. The molecule has 45 heavy (non-hydrogen) atoms. The first-order valence-electron chi connectivity index (χ1n) is 15.2. The number of aryl methyl sites for hydroxylation is 1. The molecule has 0 unspecified atom stereocenters.